The molecule has 35 heavy (non-hydrogen) atoms. The van der Waals surface area contributed by atoms with Crippen molar-refractivity contribution in [1.82, 2.24) is 0 Å². The summed E-state index contributed by atoms with van der Waals surface area (Å²) in [4.78, 5) is 10.3. The van der Waals surface area contributed by atoms with E-state index in [9.17, 15) is 15.2 Å². The summed E-state index contributed by atoms with van der Waals surface area (Å²) in [6.07, 6.45) is 0.552. The summed E-state index contributed by atoms with van der Waals surface area (Å²) in [6, 6.07) is 14.6. The molecule has 0 aliphatic carbocycles. The number of aliphatic hydroxyl groups excluding tert-OH is 1. The van der Waals surface area contributed by atoms with Crippen LogP contribution in [0.3, 0.4) is 0 Å². The van der Waals surface area contributed by atoms with Crippen LogP contribution in [0.4, 0.5) is 34.1 Å². The molecule has 0 aliphatic heterocycles. The Balaban J connectivity index is 1.90. The van der Waals surface area contributed by atoms with Gasteiger partial charge in [-0.15, -0.1) is 15.3 Å². The lowest BCUT2D eigenvalue weighted by atomic mass is 10.1. The lowest BCUT2D eigenvalue weighted by Gasteiger charge is -2.10. The van der Waals surface area contributed by atoms with Gasteiger partial charge < -0.3 is 19.9 Å². The third-order valence-electron chi connectivity index (χ3n) is 4.91. The number of azo groups is 2. The van der Waals surface area contributed by atoms with Gasteiger partial charge in [0, 0.05) is 37.4 Å². The fraction of sp³-hybridized carbons (Fsp3) is 0.250. The second kappa shape index (κ2) is 12.2. The molecular formula is C24H26N6O5. The number of nitro groups is 1. The number of aliphatic hydroxyl groups is 1. The standard InChI is InChI=1S/C24H26N6O5/c1-4-25-20-13-16(11-12-31)5-10-19(20)27-29-22-15-23(34-2)21(14-24(22)35-3)28-26-17-6-8-18(9-7-17)30(32)33/h5-10,13-15,25,31H,4,11-12H2,1-3H3. The molecule has 0 heterocycles. The highest BCUT2D eigenvalue weighted by molar-refractivity contribution is 5.69. The van der Waals surface area contributed by atoms with Crippen LogP contribution in [0.25, 0.3) is 0 Å². The molecule has 11 nitrogen and oxygen atoms in total. The number of nitrogens with zero attached hydrogens (tertiary/aromatic N) is 5. The van der Waals surface area contributed by atoms with E-state index in [1.165, 1.54) is 38.5 Å². The van der Waals surface area contributed by atoms with Gasteiger partial charge in [0.25, 0.3) is 5.69 Å². The zero-order valence-corrected chi connectivity index (χ0v) is 19.6. The molecule has 0 amide bonds. The predicted octanol–water partition coefficient (Wildman–Crippen LogP) is 6.41. The molecule has 182 valence electrons. The molecule has 3 aromatic rings. The van der Waals surface area contributed by atoms with E-state index in [0.717, 1.165) is 11.3 Å². The molecule has 0 saturated carbocycles. The summed E-state index contributed by atoms with van der Waals surface area (Å²) in [5.74, 6) is 0.810. The third kappa shape index (κ3) is 6.58. The number of non-ortho nitro benzene ring substituents is 1. The Bertz CT molecular complexity index is 1230. The Labute approximate surface area is 202 Å². The first-order valence-electron chi connectivity index (χ1n) is 10.8. The van der Waals surface area contributed by atoms with Gasteiger partial charge in [0.2, 0.25) is 0 Å². The zero-order chi connectivity index (χ0) is 25.2. The molecule has 3 rings (SSSR count). The Morgan fingerprint density at radius 3 is 2.03 bits per heavy atom. The van der Waals surface area contributed by atoms with Gasteiger partial charge in [0.05, 0.1) is 30.5 Å². The number of anilines is 1. The van der Waals surface area contributed by atoms with Crippen molar-refractivity contribution in [2.24, 2.45) is 20.5 Å². The van der Waals surface area contributed by atoms with Crippen molar-refractivity contribution in [3.05, 3.63) is 70.3 Å². The zero-order valence-electron chi connectivity index (χ0n) is 19.6. The van der Waals surface area contributed by atoms with Crippen LogP contribution in [0.2, 0.25) is 0 Å². The predicted molar refractivity (Wildman–Crippen MR) is 132 cm³/mol. The second-order valence-electron chi connectivity index (χ2n) is 7.22. The Kier molecular flexibility index (Phi) is 8.79. The molecule has 0 saturated heterocycles. The average molecular weight is 479 g/mol. The Morgan fingerprint density at radius 2 is 1.49 bits per heavy atom. The van der Waals surface area contributed by atoms with Crippen molar-refractivity contribution in [1.29, 1.82) is 0 Å². The average Bonchev–Trinajstić information content (AvgIpc) is 2.87. The van der Waals surface area contributed by atoms with Crippen LogP contribution in [0, 0.1) is 10.1 Å². The molecular weight excluding hydrogens is 452 g/mol. The first-order valence-corrected chi connectivity index (χ1v) is 10.8. The molecule has 0 spiro atoms. The Hall–Kier alpha value is -4.38. The first-order chi connectivity index (χ1) is 17.0. The normalized spacial score (nSPS) is 11.2. The van der Waals surface area contributed by atoms with Gasteiger partial charge in [0.1, 0.15) is 28.6 Å². The van der Waals surface area contributed by atoms with E-state index in [2.05, 4.69) is 25.8 Å². The maximum atomic E-state index is 10.8. The van der Waals surface area contributed by atoms with E-state index in [4.69, 9.17) is 9.47 Å². The smallest absolute Gasteiger partial charge is 0.269 e. The fourth-order valence-corrected chi connectivity index (χ4v) is 3.17. The van der Waals surface area contributed by atoms with Gasteiger partial charge >= 0.3 is 0 Å². The molecule has 2 N–H and O–H groups in total. The second-order valence-corrected chi connectivity index (χ2v) is 7.22. The van der Waals surface area contributed by atoms with E-state index >= 15 is 0 Å². The highest BCUT2D eigenvalue weighted by atomic mass is 16.6. The van der Waals surface area contributed by atoms with Crippen LogP contribution in [0.5, 0.6) is 11.5 Å². The van der Waals surface area contributed by atoms with Crippen molar-refractivity contribution in [2.45, 2.75) is 13.3 Å². The summed E-state index contributed by atoms with van der Waals surface area (Å²) in [6.45, 7) is 2.76. The number of rotatable bonds is 11. The minimum Gasteiger partial charge on any atom is -0.494 e. The number of ether oxygens (including phenoxy) is 2. The summed E-state index contributed by atoms with van der Waals surface area (Å²) < 4.78 is 10.9. The number of methoxy groups -OCH3 is 2. The summed E-state index contributed by atoms with van der Waals surface area (Å²) >= 11 is 0. The summed E-state index contributed by atoms with van der Waals surface area (Å²) in [5, 5.41) is 40.3. The van der Waals surface area contributed by atoms with Crippen molar-refractivity contribution < 1.29 is 19.5 Å². The number of hydrogen-bond acceptors (Lipinski definition) is 10. The number of hydrogen-bond donors (Lipinski definition) is 2. The van der Waals surface area contributed by atoms with Crippen LogP contribution in [0.1, 0.15) is 12.5 Å². The van der Waals surface area contributed by atoms with Crippen molar-refractivity contribution >= 4 is 34.1 Å². The van der Waals surface area contributed by atoms with E-state index in [1.54, 1.807) is 12.1 Å². The molecule has 3 aromatic carbocycles. The van der Waals surface area contributed by atoms with Gasteiger partial charge in [-0.3, -0.25) is 10.1 Å². The van der Waals surface area contributed by atoms with E-state index < -0.39 is 4.92 Å². The quantitative estimate of drug-likeness (QED) is 0.185. The van der Waals surface area contributed by atoms with Gasteiger partial charge in [-0.25, -0.2) is 0 Å². The monoisotopic (exact) mass is 478 g/mol. The molecule has 0 unspecified atom stereocenters. The van der Waals surface area contributed by atoms with Crippen LogP contribution >= 0.6 is 0 Å². The lowest BCUT2D eigenvalue weighted by Crippen LogP contribution is -1.98. The highest BCUT2D eigenvalue weighted by Gasteiger charge is 2.12. The number of benzene rings is 3. The molecule has 0 atom stereocenters. The SMILES string of the molecule is CCNc1cc(CCO)ccc1N=Nc1cc(OC)c(N=Nc2ccc([N+](=O)[O-])cc2)cc1OC. The fourth-order valence-electron chi connectivity index (χ4n) is 3.17. The maximum absolute atomic E-state index is 10.8. The molecule has 0 aromatic heterocycles. The summed E-state index contributed by atoms with van der Waals surface area (Å²) in [7, 11) is 3.00. The Morgan fingerprint density at radius 1 is 0.886 bits per heavy atom. The third-order valence-corrected chi connectivity index (χ3v) is 4.91. The largest absolute Gasteiger partial charge is 0.494 e. The first kappa shape index (κ1) is 25.2. The van der Waals surface area contributed by atoms with Gasteiger partial charge in [0.15, 0.2) is 0 Å². The topological polar surface area (TPSA) is 143 Å². The van der Waals surface area contributed by atoms with Gasteiger partial charge in [-0.05, 0) is 43.2 Å². The molecule has 11 heteroatoms. The van der Waals surface area contributed by atoms with Crippen molar-refractivity contribution in [3.63, 3.8) is 0 Å². The van der Waals surface area contributed by atoms with Gasteiger partial charge in [-0.2, -0.15) is 5.11 Å². The van der Waals surface area contributed by atoms with Crippen LogP contribution in [-0.4, -0.2) is 37.4 Å². The maximum Gasteiger partial charge on any atom is 0.269 e. The highest BCUT2D eigenvalue weighted by Crippen LogP contribution is 2.41. The van der Waals surface area contributed by atoms with Crippen molar-refractivity contribution in [2.75, 3.05) is 32.7 Å². The lowest BCUT2D eigenvalue weighted by molar-refractivity contribution is -0.384. The number of nitro benzene ring substituents is 1. The van der Waals surface area contributed by atoms with E-state index in [0.29, 0.717) is 47.2 Å². The molecule has 0 aliphatic rings. The van der Waals surface area contributed by atoms with E-state index in [-0.39, 0.29) is 12.3 Å². The van der Waals surface area contributed by atoms with Gasteiger partial charge in [-0.1, -0.05) is 6.07 Å². The minimum absolute atomic E-state index is 0.0294. The van der Waals surface area contributed by atoms with Crippen LogP contribution in [0.15, 0.2) is 75.1 Å². The van der Waals surface area contributed by atoms with Crippen molar-refractivity contribution in [3.8, 4) is 11.5 Å². The number of nitrogens with one attached hydrogen (secondary N) is 1. The van der Waals surface area contributed by atoms with E-state index in [1.807, 2.05) is 25.1 Å². The van der Waals surface area contributed by atoms with Crippen LogP contribution in [-0.2, 0) is 6.42 Å². The molecule has 0 bridgehead atoms. The minimum atomic E-state index is -0.479. The molecule has 0 radical (unpaired) electrons. The molecule has 0 fully saturated rings. The summed E-state index contributed by atoms with van der Waals surface area (Å²) in [5.41, 5.74) is 3.67. The van der Waals surface area contributed by atoms with Crippen LogP contribution < -0.4 is 14.8 Å².